The van der Waals surface area contributed by atoms with Gasteiger partial charge >= 0.3 is 5.97 Å². The van der Waals surface area contributed by atoms with Crippen molar-refractivity contribution in [1.82, 2.24) is 0 Å². The van der Waals surface area contributed by atoms with E-state index in [1.165, 1.54) is 6.07 Å². The average Bonchev–Trinajstić information content (AvgIpc) is 2.31. The molecule has 0 unspecified atom stereocenters. The second-order valence-corrected chi connectivity index (χ2v) is 2.96. The zero-order valence-electron chi connectivity index (χ0n) is 5.50. The minimum absolute atomic E-state index is 0.168. The highest BCUT2D eigenvalue weighted by Gasteiger charge is 2.09. The SMILES string of the molecule is N=Cc1sc(C(=O)O)cc1N. The summed E-state index contributed by atoms with van der Waals surface area (Å²) in [6.07, 6.45) is 1.05. The van der Waals surface area contributed by atoms with E-state index >= 15 is 0 Å². The van der Waals surface area contributed by atoms with E-state index in [1.807, 2.05) is 0 Å². The molecule has 0 saturated heterocycles. The van der Waals surface area contributed by atoms with E-state index in [2.05, 4.69) is 0 Å². The maximum Gasteiger partial charge on any atom is 0.345 e. The third-order valence-electron chi connectivity index (χ3n) is 1.13. The van der Waals surface area contributed by atoms with Gasteiger partial charge in [-0.2, -0.15) is 0 Å². The van der Waals surface area contributed by atoms with Gasteiger partial charge in [-0.25, -0.2) is 4.79 Å². The number of carboxylic acids is 1. The number of nitrogens with one attached hydrogen (secondary N) is 1. The van der Waals surface area contributed by atoms with Gasteiger partial charge in [-0.3, -0.25) is 0 Å². The molecule has 4 N–H and O–H groups in total. The van der Waals surface area contributed by atoms with Gasteiger partial charge < -0.3 is 16.2 Å². The summed E-state index contributed by atoms with van der Waals surface area (Å²) in [5.41, 5.74) is 5.73. The van der Waals surface area contributed by atoms with Gasteiger partial charge in [0.15, 0.2) is 0 Å². The molecule has 58 valence electrons. The molecule has 0 spiro atoms. The number of aromatic carboxylic acids is 1. The molecule has 0 saturated carbocycles. The molecule has 0 aliphatic carbocycles. The van der Waals surface area contributed by atoms with Gasteiger partial charge in [-0.15, -0.1) is 11.3 Å². The predicted octanol–water partition coefficient (Wildman–Crippen LogP) is 1.03. The number of thiophene rings is 1. The fourth-order valence-corrected chi connectivity index (χ4v) is 1.38. The molecule has 0 amide bonds. The van der Waals surface area contributed by atoms with Crippen molar-refractivity contribution < 1.29 is 9.90 Å². The molecule has 0 aliphatic heterocycles. The van der Waals surface area contributed by atoms with Crippen molar-refractivity contribution in [2.75, 3.05) is 5.73 Å². The lowest BCUT2D eigenvalue weighted by molar-refractivity contribution is 0.0702. The van der Waals surface area contributed by atoms with Crippen molar-refractivity contribution in [3.05, 3.63) is 15.8 Å². The highest BCUT2D eigenvalue weighted by atomic mass is 32.1. The summed E-state index contributed by atoms with van der Waals surface area (Å²) in [7, 11) is 0. The van der Waals surface area contributed by atoms with Crippen LogP contribution in [0.25, 0.3) is 0 Å². The number of carbonyl (C=O) groups is 1. The van der Waals surface area contributed by atoms with Crippen LogP contribution in [0.1, 0.15) is 14.5 Å². The lowest BCUT2D eigenvalue weighted by Gasteiger charge is -1.82. The fraction of sp³-hybridized carbons (Fsp3) is 0. The summed E-state index contributed by atoms with van der Waals surface area (Å²) in [5, 5.41) is 15.3. The van der Waals surface area contributed by atoms with Crippen LogP contribution in [-0.4, -0.2) is 17.3 Å². The van der Waals surface area contributed by atoms with Crippen LogP contribution in [0.3, 0.4) is 0 Å². The first-order valence-corrected chi connectivity index (χ1v) is 3.60. The molecule has 0 aromatic carbocycles. The van der Waals surface area contributed by atoms with Crippen molar-refractivity contribution in [2.45, 2.75) is 0 Å². The van der Waals surface area contributed by atoms with E-state index in [9.17, 15) is 4.79 Å². The second-order valence-electron chi connectivity index (χ2n) is 1.88. The van der Waals surface area contributed by atoms with Crippen molar-refractivity contribution >= 4 is 29.2 Å². The minimum atomic E-state index is -1.00. The number of nitrogen functional groups attached to an aromatic ring is 1. The minimum Gasteiger partial charge on any atom is -0.477 e. The Morgan fingerprint density at radius 2 is 2.45 bits per heavy atom. The van der Waals surface area contributed by atoms with Gasteiger partial charge in [0.1, 0.15) is 4.88 Å². The molecule has 1 aromatic heterocycles. The lowest BCUT2D eigenvalue weighted by atomic mass is 10.4. The van der Waals surface area contributed by atoms with Crippen LogP contribution in [0.15, 0.2) is 6.07 Å². The predicted molar refractivity (Wildman–Crippen MR) is 43.6 cm³/mol. The van der Waals surface area contributed by atoms with Crippen LogP contribution in [0.2, 0.25) is 0 Å². The van der Waals surface area contributed by atoms with E-state index in [-0.39, 0.29) is 4.88 Å². The van der Waals surface area contributed by atoms with Gasteiger partial charge in [0.2, 0.25) is 0 Å². The Labute approximate surface area is 66.8 Å². The van der Waals surface area contributed by atoms with Crippen LogP contribution in [0, 0.1) is 5.41 Å². The molecule has 4 nitrogen and oxygen atoms in total. The van der Waals surface area contributed by atoms with Crippen molar-refractivity contribution in [2.24, 2.45) is 0 Å². The van der Waals surface area contributed by atoms with Crippen LogP contribution < -0.4 is 5.73 Å². The molecule has 0 bridgehead atoms. The highest BCUT2D eigenvalue weighted by molar-refractivity contribution is 7.16. The first-order chi connectivity index (χ1) is 5.15. The molecular weight excluding hydrogens is 164 g/mol. The van der Waals surface area contributed by atoms with Gasteiger partial charge in [-0.1, -0.05) is 0 Å². The van der Waals surface area contributed by atoms with Gasteiger partial charge in [0.25, 0.3) is 0 Å². The normalized spacial score (nSPS) is 9.45. The molecule has 0 aliphatic rings. The molecule has 0 atom stereocenters. The van der Waals surface area contributed by atoms with Crippen LogP contribution in [0.4, 0.5) is 5.69 Å². The van der Waals surface area contributed by atoms with Crippen molar-refractivity contribution in [1.29, 1.82) is 5.41 Å². The largest absolute Gasteiger partial charge is 0.477 e. The maximum atomic E-state index is 10.4. The Bertz CT molecular complexity index is 306. The Morgan fingerprint density at radius 3 is 2.73 bits per heavy atom. The van der Waals surface area contributed by atoms with Crippen LogP contribution in [-0.2, 0) is 0 Å². The van der Waals surface area contributed by atoms with Gasteiger partial charge in [0, 0.05) is 6.21 Å². The summed E-state index contributed by atoms with van der Waals surface area (Å²) >= 11 is 1.000. The molecule has 11 heavy (non-hydrogen) atoms. The van der Waals surface area contributed by atoms with E-state index in [4.69, 9.17) is 16.2 Å². The number of hydrogen-bond donors (Lipinski definition) is 3. The molecule has 5 heteroatoms. The quantitative estimate of drug-likeness (QED) is 0.579. The van der Waals surface area contributed by atoms with Gasteiger partial charge in [0.05, 0.1) is 10.6 Å². The summed E-state index contributed by atoms with van der Waals surface area (Å²) in [5.74, 6) is -1.00. The first kappa shape index (κ1) is 7.74. The van der Waals surface area contributed by atoms with E-state index < -0.39 is 5.97 Å². The van der Waals surface area contributed by atoms with Crippen LogP contribution in [0.5, 0.6) is 0 Å². The Morgan fingerprint density at radius 1 is 1.82 bits per heavy atom. The number of hydrogen-bond acceptors (Lipinski definition) is 4. The molecule has 0 radical (unpaired) electrons. The topological polar surface area (TPSA) is 87.2 Å². The van der Waals surface area contributed by atoms with Gasteiger partial charge in [-0.05, 0) is 6.07 Å². The zero-order chi connectivity index (χ0) is 8.43. The standard InChI is InChI=1S/C6H6N2O2S/c7-2-5-3(8)1-4(11-5)6(9)10/h1-2,7H,8H2,(H,9,10). The van der Waals surface area contributed by atoms with E-state index in [0.29, 0.717) is 10.6 Å². The number of anilines is 1. The molecule has 1 aromatic rings. The smallest absolute Gasteiger partial charge is 0.345 e. The third kappa shape index (κ3) is 1.38. The average molecular weight is 170 g/mol. The Kier molecular flexibility index (Phi) is 1.91. The first-order valence-electron chi connectivity index (χ1n) is 2.78. The fourth-order valence-electron chi connectivity index (χ4n) is 0.637. The van der Waals surface area contributed by atoms with E-state index in [1.54, 1.807) is 0 Å². The van der Waals surface area contributed by atoms with Crippen molar-refractivity contribution in [3.63, 3.8) is 0 Å². The summed E-state index contributed by atoms with van der Waals surface area (Å²) < 4.78 is 0. The molecule has 0 fully saturated rings. The maximum absolute atomic E-state index is 10.4. The lowest BCUT2D eigenvalue weighted by Crippen LogP contribution is -1.90. The number of rotatable bonds is 2. The van der Waals surface area contributed by atoms with Crippen LogP contribution >= 0.6 is 11.3 Å². The zero-order valence-corrected chi connectivity index (χ0v) is 6.31. The summed E-state index contributed by atoms with van der Waals surface area (Å²) in [6, 6.07) is 1.35. The van der Waals surface area contributed by atoms with E-state index in [0.717, 1.165) is 17.6 Å². The Balaban J connectivity index is 3.14. The Hall–Kier alpha value is -1.36. The molecule has 1 rings (SSSR count). The third-order valence-corrected chi connectivity index (χ3v) is 2.22. The molecular formula is C6H6N2O2S. The second kappa shape index (κ2) is 2.71. The molecule has 1 heterocycles. The number of nitrogens with two attached hydrogens (primary N) is 1. The summed E-state index contributed by atoms with van der Waals surface area (Å²) in [4.78, 5) is 11.0. The number of carboxylic acid groups (broad SMARTS) is 1. The summed E-state index contributed by atoms with van der Waals surface area (Å²) in [6.45, 7) is 0. The highest BCUT2D eigenvalue weighted by Crippen LogP contribution is 2.22. The monoisotopic (exact) mass is 170 g/mol. The van der Waals surface area contributed by atoms with Crippen molar-refractivity contribution in [3.8, 4) is 0 Å².